The van der Waals surface area contributed by atoms with Crippen molar-refractivity contribution < 1.29 is 18.1 Å². The van der Waals surface area contributed by atoms with Gasteiger partial charge in [-0.15, -0.1) is 0 Å². The van der Waals surface area contributed by atoms with Gasteiger partial charge in [0, 0.05) is 22.8 Å². The molecule has 0 aliphatic rings. The van der Waals surface area contributed by atoms with Gasteiger partial charge in [-0.1, -0.05) is 30.7 Å². The van der Waals surface area contributed by atoms with Crippen LogP contribution in [0.25, 0.3) is 0 Å². The van der Waals surface area contributed by atoms with Crippen molar-refractivity contribution in [3.8, 4) is 0 Å². The first-order valence-corrected chi connectivity index (χ1v) is 10.6. The van der Waals surface area contributed by atoms with Gasteiger partial charge in [0.1, 0.15) is 6.04 Å². The highest BCUT2D eigenvalue weighted by atomic mass is 35.5. The molecule has 8 nitrogen and oxygen atoms in total. The maximum absolute atomic E-state index is 12.9. The molecule has 1 N–H and O–H groups in total. The number of benzene rings is 2. The second-order valence-electron chi connectivity index (χ2n) is 6.21. The highest BCUT2D eigenvalue weighted by Gasteiger charge is 2.32. The van der Waals surface area contributed by atoms with Crippen molar-refractivity contribution in [3.05, 3.63) is 63.2 Å². The van der Waals surface area contributed by atoms with Gasteiger partial charge in [-0.3, -0.25) is 19.2 Å². The van der Waals surface area contributed by atoms with E-state index in [9.17, 15) is 23.3 Å². The number of amides is 1. The van der Waals surface area contributed by atoms with Crippen LogP contribution in [0.15, 0.2) is 42.5 Å². The summed E-state index contributed by atoms with van der Waals surface area (Å²) in [5.74, 6) is -0.604. The van der Waals surface area contributed by atoms with Crippen molar-refractivity contribution in [2.24, 2.45) is 0 Å². The predicted octanol–water partition coefficient (Wildman–Crippen LogP) is 3.74. The van der Waals surface area contributed by atoms with E-state index < -0.39 is 26.9 Å². The molecular formula is C18H20ClN3O5S. The summed E-state index contributed by atoms with van der Waals surface area (Å²) < 4.78 is 26.0. The Kier molecular flexibility index (Phi) is 6.63. The van der Waals surface area contributed by atoms with Crippen LogP contribution < -0.4 is 9.62 Å². The van der Waals surface area contributed by atoms with E-state index in [-0.39, 0.29) is 17.8 Å². The fraction of sp³-hybridized carbons (Fsp3) is 0.278. The van der Waals surface area contributed by atoms with E-state index in [0.717, 1.165) is 10.6 Å². The van der Waals surface area contributed by atoms with Crippen molar-refractivity contribution >= 4 is 44.6 Å². The number of carbonyl (C=O) groups excluding carboxylic acids is 1. The zero-order valence-corrected chi connectivity index (χ0v) is 17.1. The molecule has 2 aromatic rings. The molecule has 1 unspecified atom stereocenters. The molecule has 0 heterocycles. The van der Waals surface area contributed by atoms with Crippen LogP contribution in [0.2, 0.25) is 5.02 Å². The molecular weight excluding hydrogens is 406 g/mol. The lowest BCUT2D eigenvalue weighted by molar-refractivity contribution is -0.384. The molecule has 0 radical (unpaired) electrons. The summed E-state index contributed by atoms with van der Waals surface area (Å²) in [7, 11) is -3.82. The zero-order chi connectivity index (χ0) is 21.1. The van der Waals surface area contributed by atoms with E-state index in [2.05, 4.69) is 5.32 Å². The van der Waals surface area contributed by atoms with Gasteiger partial charge >= 0.3 is 0 Å². The van der Waals surface area contributed by atoms with Gasteiger partial charge < -0.3 is 5.32 Å². The number of hydrogen-bond acceptors (Lipinski definition) is 5. The van der Waals surface area contributed by atoms with Crippen molar-refractivity contribution in [2.75, 3.05) is 15.9 Å². The van der Waals surface area contributed by atoms with Crippen LogP contribution in [0.3, 0.4) is 0 Å². The minimum Gasteiger partial charge on any atom is -0.324 e. The topological polar surface area (TPSA) is 110 Å². The fourth-order valence-corrected chi connectivity index (χ4v) is 4.21. The third-order valence-corrected chi connectivity index (χ3v) is 5.46. The maximum Gasteiger partial charge on any atom is 0.271 e. The maximum atomic E-state index is 12.9. The van der Waals surface area contributed by atoms with Crippen molar-refractivity contribution in [2.45, 2.75) is 26.3 Å². The van der Waals surface area contributed by atoms with E-state index in [4.69, 9.17) is 11.6 Å². The van der Waals surface area contributed by atoms with E-state index in [1.165, 1.54) is 30.3 Å². The van der Waals surface area contributed by atoms with Crippen LogP contribution in [0.4, 0.5) is 17.1 Å². The summed E-state index contributed by atoms with van der Waals surface area (Å²) >= 11 is 6.03. The molecule has 0 bridgehead atoms. The molecule has 0 aliphatic heterocycles. The Morgan fingerprint density at radius 1 is 1.29 bits per heavy atom. The molecule has 28 heavy (non-hydrogen) atoms. The first-order valence-electron chi connectivity index (χ1n) is 8.35. The Hall–Kier alpha value is -2.65. The third-order valence-electron chi connectivity index (χ3n) is 4.06. The van der Waals surface area contributed by atoms with Crippen LogP contribution in [0, 0.1) is 17.0 Å². The number of nitrogens with zero attached hydrogens (tertiary/aromatic N) is 2. The molecule has 10 heteroatoms. The average molecular weight is 426 g/mol. The molecule has 2 aromatic carbocycles. The third kappa shape index (κ3) is 4.99. The number of rotatable bonds is 7. The molecule has 1 amide bonds. The molecule has 0 fully saturated rings. The summed E-state index contributed by atoms with van der Waals surface area (Å²) in [6.45, 7) is 3.39. The number of aryl methyl sites for hydroxylation is 1. The SMILES string of the molecule is CCC(C(=O)Nc1cccc([N+](=O)[O-])c1)N(c1cc(Cl)ccc1C)S(C)(=O)=O. The number of anilines is 2. The first-order chi connectivity index (χ1) is 13.0. The smallest absolute Gasteiger partial charge is 0.271 e. The Morgan fingerprint density at radius 3 is 2.54 bits per heavy atom. The fourth-order valence-electron chi connectivity index (χ4n) is 2.78. The number of halogens is 1. The van der Waals surface area contributed by atoms with Crippen LogP contribution in [0.1, 0.15) is 18.9 Å². The highest BCUT2D eigenvalue weighted by Crippen LogP contribution is 2.29. The van der Waals surface area contributed by atoms with Gasteiger partial charge in [-0.25, -0.2) is 8.42 Å². The van der Waals surface area contributed by atoms with Gasteiger partial charge in [0.25, 0.3) is 5.69 Å². The number of sulfonamides is 1. The van der Waals surface area contributed by atoms with Crippen molar-refractivity contribution in [1.29, 1.82) is 0 Å². The van der Waals surface area contributed by atoms with Gasteiger partial charge in [-0.05, 0) is 37.1 Å². The number of nitrogens with one attached hydrogen (secondary N) is 1. The van der Waals surface area contributed by atoms with Gasteiger partial charge in [0.05, 0.1) is 16.9 Å². The highest BCUT2D eigenvalue weighted by molar-refractivity contribution is 7.92. The Balaban J connectivity index is 2.44. The predicted molar refractivity (Wildman–Crippen MR) is 109 cm³/mol. The molecule has 2 rings (SSSR count). The first kappa shape index (κ1) is 21.6. The molecule has 0 saturated heterocycles. The van der Waals surface area contributed by atoms with E-state index in [0.29, 0.717) is 16.3 Å². The Labute approximate surface area is 168 Å². The molecule has 0 spiro atoms. The van der Waals surface area contributed by atoms with Crippen LogP contribution in [0.5, 0.6) is 0 Å². The van der Waals surface area contributed by atoms with E-state index >= 15 is 0 Å². The number of nitro benzene ring substituents is 1. The van der Waals surface area contributed by atoms with Crippen LogP contribution in [-0.2, 0) is 14.8 Å². The molecule has 0 aromatic heterocycles. The lowest BCUT2D eigenvalue weighted by Gasteiger charge is -2.31. The zero-order valence-electron chi connectivity index (χ0n) is 15.5. The number of nitro groups is 1. The van der Waals surface area contributed by atoms with Crippen molar-refractivity contribution in [3.63, 3.8) is 0 Å². The van der Waals surface area contributed by atoms with Crippen LogP contribution >= 0.6 is 11.6 Å². The minimum absolute atomic E-state index is 0.180. The second-order valence-corrected chi connectivity index (χ2v) is 8.51. The average Bonchev–Trinajstić information content (AvgIpc) is 2.61. The summed E-state index contributed by atoms with van der Waals surface area (Å²) in [4.78, 5) is 23.2. The number of non-ortho nitro benzene ring substituents is 1. The van der Waals surface area contributed by atoms with Gasteiger partial charge in [0.2, 0.25) is 15.9 Å². The molecule has 1 atom stereocenters. The van der Waals surface area contributed by atoms with Gasteiger partial charge in [0.15, 0.2) is 0 Å². The van der Waals surface area contributed by atoms with E-state index in [1.807, 2.05) is 0 Å². The summed E-state index contributed by atoms with van der Waals surface area (Å²) in [5.41, 5.74) is 0.956. The van der Waals surface area contributed by atoms with E-state index in [1.54, 1.807) is 26.0 Å². The second kappa shape index (κ2) is 8.57. The lowest BCUT2D eigenvalue weighted by Crippen LogP contribution is -2.47. The quantitative estimate of drug-likeness (QED) is 0.536. The Morgan fingerprint density at radius 2 is 1.96 bits per heavy atom. The normalized spacial score (nSPS) is 12.3. The number of carbonyl (C=O) groups is 1. The number of hydrogen-bond donors (Lipinski definition) is 1. The lowest BCUT2D eigenvalue weighted by atomic mass is 10.1. The van der Waals surface area contributed by atoms with Crippen molar-refractivity contribution in [1.82, 2.24) is 0 Å². The standard InChI is InChI=1S/C18H20ClN3O5S/c1-4-16(18(23)20-14-6-5-7-15(11-14)22(24)25)21(28(3,26)27)17-10-13(19)9-8-12(17)2/h5-11,16H,4H2,1-3H3,(H,20,23). The Bertz CT molecular complexity index is 1010. The van der Waals surface area contributed by atoms with Gasteiger partial charge in [-0.2, -0.15) is 0 Å². The molecule has 0 aliphatic carbocycles. The van der Waals surface area contributed by atoms with Crippen LogP contribution in [-0.4, -0.2) is 31.5 Å². The summed E-state index contributed by atoms with van der Waals surface area (Å²) in [5, 5.41) is 13.8. The summed E-state index contributed by atoms with van der Waals surface area (Å²) in [6, 6.07) is 9.15. The molecule has 0 saturated carbocycles. The summed E-state index contributed by atoms with van der Waals surface area (Å²) in [6.07, 6.45) is 1.19. The monoisotopic (exact) mass is 425 g/mol. The minimum atomic E-state index is -3.82. The molecule has 150 valence electrons. The largest absolute Gasteiger partial charge is 0.324 e.